The number of nitrogens with zero attached hydrogens (tertiary/aromatic N) is 6. The van der Waals surface area contributed by atoms with Gasteiger partial charge in [0.05, 0.1) is 28.9 Å². The first-order valence-corrected chi connectivity index (χ1v) is 12.7. The minimum absolute atomic E-state index is 0.116. The lowest BCUT2D eigenvalue weighted by atomic mass is 9.99. The standard InChI is InChI=1S/C27H23ClF2N8O/c1-37-12-16(34-27(39)19-8-15(28)6-7-21(19)30)9-17(13-37)38-24-10-22(25-32-14-33-36-25)31-11-23(24)35-26(38)18-4-2-3-5-20(18)29/h2-8,10-11,14,16-17H,9,12-13H2,1H3,(H,34,39)(H,32,33,36)/t16?,17-/m1/s1. The fraction of sp³-hybridized carbons (Fsp3) is 0.222. The second-order valence-corrected chi connectivity index (χ2v) is 10.0. The van der Waals surface area contributed by atoms with Crippen molar-refractivity contribution >= 4 is 28.5 Å². The Morgan fingerprint density at radius 1 is 1.10 bits per heavy atom. The van der Waals surface area contributed by atoms with Crippen molar-refractivity contribution in [2.45, 2.75) is 18.5 Å². The van der Waals surface area contributed by atoms with Crippen LogP contribution in [0.1, 0.15) is 22.8 Å². The maximum atomic E-state index is 15.0. The molecule has 6 rings (SSSR count). The molecule has 0 saturated carbocycles. The monoisotopic (exact) mass is 548 g/mol. The molecule has 1 fully saturated rings. The SMILES string of the molecule is CN1CC(NC(=O)c2cc(Cl)ccc2F)C[C@@H](n2c(-c3ccccc3F)nc3cnc(-c4ncn[nH]4)cc32)C1. The van der Waals surface area contributed by atoms with Gasteiger partial charge in [0.15, 0.2) is 5.82 Å². The summed E-state index contributed by atoms with van der Waals surface area (Å²) < 4.78 is 31.4. The Morgan fingerprint density at radius 3 is 2.74 bits per heavy atom. The summed E-state index contributed by atoms with van der Waals surface area (Å²) in [5.74, 6) is -0.650. The normalized spacial score (nSPS) is 17.9. The van der Waals surface area contributed by atoms with Crippen molar-refractivity contribution in [2.24, 2.45) is 0 Å². The highest BCUT2D eigenvalue weighted by atomic mass is 35.5. The second-order valence-electron chi connectivity index (χ2n) is 9.58. The number of hydrogen-bond donors (Lipinski definition) is 2. The highest BCUT2D eigenvalue weighted by molar-refractivity contribution is 6.31. The Morgan fingerprint density at radius 2 is 1.95 bits per heavy atom. The summed E-state index contributed by atoms with van der Waals surface area (Å²) in [6.45, 7) is 1.17. The zero-order valence-electron chi connectivity index (χ0n) is 20.8. The lowest BCUT2D eigenvalue weighted by Crippen LogP contribution is -2.50. The molecule has 1 saturated heterocycles. The predicted molar refractivity (Wildman–Crippen MR) is 142 cm³/mol. The maximum absolute atomic E-state index is 15.0. The van der Waals surface area contributed by atoms with Gasteiger partial charge in [-0.3, -0.25) is 14.9 Å². The van der Waals surface area contributed by atoms with Gasteiger partial charge >= 0.3 is 0 Å². The number of nitrogens with one attached hydrogen (secondary N) is 2. The Kier molecular flexibility index (Phi) is 6.53. The van der Waals surface area contributed by atoms with Crippen LogP contribution in [0.3, 0.4) is 0 Å². The Bertz CT molecular complexity index is 1670. The molecule has 0 spiro atoms. The number of carbonyl (C=O) groups excluding carboxylic acids is 1. The number of H-pyrrole nitrogens is 1. The van der Waals surface area contributed by atoms with Crippen molar-refractivity contribution in [1.29, 1.82) is 0 Å². The molecular weight excluding hydrogens is 526 g/mol. The van der Waals surface area contributed by atoms with Gasteiger partial charge in [0, 0.05) is 24.2 Å². The molecule has 0 bridgehead atoms. The number of piperidine rings is 1. The summed E-state index contributed by atoms with van der Waals surface area (Å²) in [5, 5.41) is 9.95. The summed E-state index contributed by atoms with van der Waals surface area (Å²) in [4.78, 5) is 28.5. The molecule has 1 amide bonds. The van der Waals surface area contributed by atoms with E-state index in [1.54, 1.807) is 24.4 Å². The van der Waals surface area contributed by atoms with Crippen LogP contribution in [0.25, 0.3) is 33.9 Å². The summed E-state index contributed by atoms with van der Waals surface area (Å²) in [5.41, 5.74) is 2.12. The minimum atomic E-state index is -0.646. The number of amides is 1. The zero-order valence-corrected chi connectivity index (χ0v) is 21.5. The summed E-state index contributed by atoms with van der Waals surface area (Å²) in [6.07, 6.45) is 3.53. The smallest absolute Gasteiger partial charge is 0.254 e. The molecule has 4 heterocycles. The van der Waals surface area contributed by atoms with E-state index in [0.717, 1.165) is 5.52 Å². The fourth-order valence-electron chi connectivity index (χ4n) is 5.17. The number of aromatic nitrogens is 6. The molecule has 1 unspecified atom stereocenters. The van der Waals surface area contributed by atoms with Gasteiger partial charge in [-0.15, -0.1) is 0 Å². The number of benzene rings is 2. The molecule has 2 atom stereocenters. The Balaban J connectivity index is 1.41. The average molecular weight is 549 g/mol. The fourth-order valence-corrected chi connectivity index (χ4v) is 5.35. The van der Waals surface area contributed by atoms with Gasteiger partial charge in [-0.1, -0.05) is 23.7 Å². The summed E-state index contributed by atoms with van der Waals surface area (Å²) in [6, 6.07) is 11.7. The molecule has 0 aliphatic carbocycles. The molecule has 5 aromatic rings. The van der Waals surface area contributed by atoms with Crippen LogP contribution in [0.2, 0.25) is 5.02 Å². The lowest BCUT2D eigenvalue weighted by Gasteiger charge is -2.37. The van der Waals surface area contributed by atoms with E-state index in [1.807, 2.05) is 17.7 Å². The first kappa shape index (κ1) is 25.1. The van der Waals surface area contributed by atoms with Crippen LogP contribution in [-0.4, -0.2) is 66.7 Å². The van der Waals surface area contributed by atoms with Gasteiger partial charge in [-0.2, -0.15) is 5.10 Å². The number of rotatable bonds is 5. The van der Waals surface area contributed by atoms with Gasteiger partial charge in [0.2, 0.25) is 0 Å². The third kappa shape index (κ3) is 4.86. The van der Waals surface area contributed by atoms with Gasteiger partial charge in [0.25, 0.3) is 5.91 Å². The van der Waals surface area contributed by atoms with Gasteiger partial charge < -0.3 is 14.8 Å². The number of carbonyl (C=O) groups is 1. The van der Waals surface area contributed by atoms with E-state index in [0.29, 0.717) is 47.9 Å². The van der Waals surface area contributed by atoms with Gasteiger partial charge in [-0.05, 0) is 49.9 Å². The van der Waals surface area contributed by atoms with E-state index in [4.69, 9.17) is 16.6 Å². The van der Waals surface area contributed by atoms with Gasteiger partial charge in [-0.25, -0.2) is 18.7 Å². The molecular formula is C27H23ClF2N8O. The van der Waals surface area contributed by atoms with Crippen LogP contribution in [-0.2, 0) is 0 Å². The van der Waals surface area contributed by atoms with Crippen molar-refractivity contribution in [1.82, 2.24) is 39.9 Å². The van der Waals surface area contributed by atoms with Crippen LogP contribution in [0.5, 0.6) is 0 Å². The number of likely N-dealkylation sites (N-methyl/N-ethyl adjacent to an activating group) is 1. The molecule has 198 valence electrons. The van der Waals surface area contributed by atoms with E-state index in [1.165, 1.54) is 30.6 Å². The molecule has 2 N–H and O–H groups in total. The molecule has 39 heavy (non-hydrogen) atoms. The molecule has 2 aromatic carbocycles. The number of halogens is 3. The number of fused-ring (bicyclic) bond motifs is 1. The van der Waals surface area contributed by atoms with E-state index in [2.05, 4.69) is 30.4 Å². The van der Waals surface area contributed by atoms with Crippen LogP contribution < -0.4 is 5.32 Å². The third-order valence-electron chi connectivity index (χ3n) is 6.83. The quantitative estimate of drug-likeness (QED) is 0.335. The van der Waals surface area contributed by atoms with E-state index in [-0.39, 0.29) is 22.7 Å². The van der Waals surface area contributed by atoms with E-state index >= 15 is 4.39 Å². The highest BCUT2D eigenvalue weighted by Gasteiger charge is 2.32. The largest absolute Gasteiger partial charge is 0.348 e. The number of aromatic amines is 1. The average Bonchev–Trinajstić information content (AvgIpc) is 3.58. The number of hydrogen-bond acceptors (Lipinski definition) is 6. The topological polar surface area (TPSA) is 105 Å². The van der Waals surface area contributed by atoms with Crippen LogP contribution in [0.15, 0.2) is 61.1 Å². The third-order valence-corrected chi connectivity index (χ3v) is 7.07. The molecule has 9 nitrogen and oxygen atoms in total. The predicted octanol–water partition coefficient (Wildman–Crippen LogP) is 4.49. The number of likely N-dealkylation sites (tertiary alicyclic amines) is 1. The zero-order chi connectivity index (χ0) is 27.1. The second kappa shape index (κ2) is 10.2. The lowest BCUT2D eigenvalue weighted by molar-refractivity contribution is 0.0890. The van der Waals surface area contributed by atoms with E-state index in [9.17, 15) is 9.18 Å². The Labute approximate surface area is 226 Å². The molecule has 3 aromatic heterocycles. The first-order chi connectivity index (χ1) is 18.9. The highest BCUT2D eigenvalue weighted by Crippen LogP contribution is 2.34. The minimum Gasteiger partial charge on any atom is -0.348 e. The first-order valence-electron chi connectivity index (χ1n) is 12.3. The van der Waals surface area contributed by atoms with Crippen molar-refractivity contribution in [3.63, 3.8) is 0 Å². The molecule has 1 aliphatic heterocycles. The summed E-state index contributed by atoms with van der Waals surface area (Å²) >= 11 is 6.00. The van der Waals surface area contributed by atoms with Crippen LogP contribution in [0, 0.1) is 11.6 Å². The van der Waals surface area contributed by atoms with Crippen molar-refractivity contribution in [2.75, 3.05) is 20.1 Å². The number of imidazole rings is 1. The maximum Gasteiger partial charge on any atom is 0.254 e. The van der Waals surface area contributed by atoms with Crippen molar-refractivity contribution < 1.29 is 13.6 Å². The summed E-state index contributed by atoms with van der Waals surface area (Å²) in [7, 11) is 1.94. The van der Waals surface area contributed by atoms with Crippen LogP contribution >= 0.6 is 11.6 Å². The van der Waals surface area contributed by atoms with Crippen molar-refractivity contribution in [3.05, 3.63) is 83.3 Å². The Hall–Kier alpha value is -4.22. The molecule has 1 aliphatic rings. The van der Waals surface area contributed by atoms with E-state index < -0.39 is 17.5 Å². The van der Waals surface area contributed by atoms with Crippen LogP contribution in [0.4, 0.5) is 8.78 Å². The molecule has 12 heteroatoms. The van der Waals surface area contributed by atoms with Gasteiger partial charge in [0.1, 0.15) is 35.0 Å². The van der Waals surface area contributed by atoms with Crippen molar-refractivity contribution in [3.8, 4) is 22.9 Å². The molecule has 0 radical (unpaired) electrons. The number of pyridine rings is 1.